The van der Waals surface area contributed by atoms with Gasteiger partial charge in [0, 0.05) is 17.3 Å². The number of furan rings is 1. The number of hydrogen-bond acceptors (Lipinski definition) is 2. The van der Waals surface area contributed by atoms with Crippen molar-refractivity contribution in [2.45, 2.75) is 32.7 Å². The van der Waals surface area contributed by atoms with Gasteiger partial charge in [0.15, 0.2) is 5.76 Å². The number of benzene rings is 1. The Morgan fingerprint density at radius 3 is 2.95 bits per heavy atom. The van der Waals surface area contributed by atoms with E-state index >= 15 is 0 Å². The highest BCUT2D eigenvalue weighted by Crippen LogP contribution is 2.20. The number of rotatable bonds is 5. The molecule has 1 N–H and O–H groups in total. The summed E-state index contributed by atoms with van der Waals surface area (Å²) in [5, 5.41) is 3.87. The van der Waals surface area contributed by atoms with Gasteiger partial charge in [0.05, 0.1) is 0 Å². The molecule has 0 radical (unpaired) electrons. The van der Waals surface area contributed by atoms with Crippen LogP contribution in [0.15, 0.2) is 28.7 Å². The van der Waals surface area contributed by atoms with E-state index in [0.29, 0.717) is 11.6 Å². The summed E-state index contributed by atoms with van der Waals surface area (Å²) < 4.78 is 5.55. The molecule has 4 heteroatoms. The highest BCUT2D eigenvalue weighted by Gasteiger charge is 2.14. The second-order valence-corrected chi connectivity index (χ2v) is 5.24. The zero-order chi connectivity index (χ0) is 13.8. The molecule has 102 valence electrons. The Morgan fingerprint density at radius 1 is 1.42 bits per heavy atom. The van der Waals surface area contributed by atoms with Crippen LogP contribution >= 0.6 is 11.6 Å². The minimum Gasteiger partial charge on any atom is -0.451 e. The van der Waals surface area contributed by atoms with Crippen LogP contribution in [0.3, 0.4) is 0 Å². The molecule has 0 saturated heterocycles. The van der Waals surface area contributed by atoms with Crippen molar-refractivity contribution in [3.8, 4) is 0 Å². The van der Waals surface area contributed by atoms with Gasteiger partial charge in [-0.3, -0.25) is 4.79 Å². The molecule has 0 aliphatic heterocycles. The fourth-order valence-corrected chi connectivity index (χ4v) is 2.18. The van der Waals surface area contributed by atoms with Gasteiger partial charge in [-0.1, -0.05) is 11.6 Å². The third kappa shape index (κ3) is 3.51. The molecular weight excluding hydrogens is 262 g/mol. The molecule has 19 heavy (non-hydrogen) atoms. The number of aryl methyl sites for hydroxylation is 1. The standard InChI is InChI=1S/C15H18ClNO2/c1-10-5-6-13-12(8-10)9-14(19-13)15(18)17-11(2)4-3-7-16/h5-6,8-9,11H,3-4,7H2,1-2H3,(H,17,18). The number of carbonyl (C=O) groups is 1. The van der Waals surface area contributed by atoms with Crippen LogP contribution < -0.4 is 5.32 Å². The normalized spacial score (nSPS) is 12.6. The largest absolute Gasteiger partial charge is 0.451 e. The first-order chi connectivity index (χ1) is 9.10. The monoisotopic (exact) mass is 279 g/mol. The maximum atomic E-state index is 12.0. The van der Waals surface area contributed by atoms with Crippen LogP contribution in [0.2, 0.25) is 0 Å². The van der Waals surface area contributed by atoms with Crippen LogP contribution in [0.1, 0.15) is 35.9 Å². The molecule has 1 aromatic carbocycles. The predicted molar refractivity (Wildman–Crippen MR) is 77.8 cm³/mol. The van der Waals surface area contributed by atoms with Crippen LogP contribution in [0, 0.1) is 6.92 Å². The van der Waals surface area contributed by atoms with Crippen LogP contribution in [-0.2, 0) is 0 Å². The van der Waals surface area contributed by atoms with Crippen molar-refractivity contribution >= 4 is 28.5 Å². The molecule has 1 amide bonds. The summed E-state index contributed by atoms with van der Waals surface area (Å²) >= 11 is 5.64. The predicted octanol–water partition coefficient (Wildman–Crippen LogP) is 3.88. The zero-order valence-corrected chi connectivity index (χ0v) is 12.0. The maximum absolute atomic E-state index is 12.0. The molecule has 1 unspecified atom stereocenters. The summed E-state index contributed by atoms with van der Waals surface area (Å²) in [6, 6.07) is 7.74. The van der Waals surface area contributed by atoms with Crippen molar-refractivity contribution in [2.24, 2.45) is 0 Å². The summed E-state index contributed by atoms with van der Waals surface area (Å²) in [5.74, 6) is 0.804. The molecule has 0 aliphatic carbocycles. The van der Waals surface area contributed by atoms with E-state index in [4.69, 9.17) is 16.0 Å². The molecule has 3 nitrogen and oxygen atoms in total. The van der Waals surface area contributed by atoms with Crippen LogP contribution in [-0.4, -0.2) is 17.8 Å². The number of carbonyl (C=O) groups excluding carboxylic acids is 1. The highest BCUT2D eigenvalue weighted by molar-refractivity contribution is 6.17. The van der Waals surface area contributed by atoms with Gasteiger partial charge in [0.25, 0.3) is 5.91 Å². The van der Waals surface area contributed by atoms with Gasteiger partial charge in [-0.05, 0) is 44.9 Å². The summed E-state index contributed by atoms with van der Waals surface area (Å²) in [6.45, 7) is 3.98. The number of hydrogen-bond donors (Lipinski definition) is 1. The van der Waals surface area contributed by atoms with E-state index in [-0.39, 0.29) is 11.9 Å². The molecular formula is C15H18ClNO2. The minimum absolute atomic E-state index is 0.0983. The Kier molecular flexibility index (Phi) is 4.48. The van der Waals surface area contributed by atoms with E-state index in [1.807, 2.05) is 32.0 Å². The Labute approximate surface area is 117 Å². The topological polar surface area (TPSA) is 42.2 Å². The first kappa shape index (κ1) is 13.9. The quantitative estimate of drug-likeness (QED) is 0.844. The number of halogens is 1. The summed E-state index contributed by atoms with van der Waals surface area (Å²) in [4.78, 5) is 12.0. The summed E-state index contributed by atoms with van der Waals surface area (Å²) in [7, 11) is 0. The Balaban J connectivity index is 2.08. The van der Waals surface area contributed by atoms with Crippen LogP contribution in [0.25, 0.3) is 11.0 Å². The van der Waals surface area contributed by atoms with E-state index < -0.39 is 0 Å². The zero-order valence-electron chi connectivity index (χ0n) is 11.2. The summed E-state index contributed by atoms with van der Waals surface area (Å²) in [6.07, 6.45) is 1.76. The minimum atomic E-state index is -0.170. The average molecular weight is 280 g/mol. The Morgan fingerprint density at radius 2 is 2.21 bits per heavy atom. The van der Waals surface area contributed by atoms with Crippen molar-refractivity contribution in [3.05, 3.63) is 35.6 Å². The third-order valence-electron chi connectivity index (χ3n) is 3.04. The molecule has 0 spiro atoms. The SMILES string of the molecule is Cc1ccc2oc(C(=O)NC(C)CCCCl)cc2c1. The lowest BCUT2D eigenvalue weighted by Gasteiger charge is -2.11. The van der Waals surface area contributed by atoms with Crippen molar-refractivity contribution < 1.29 is 9.21 Å². The maximum Gasteiger partial charge on any atom is 0.287 e. The third-order valence-corrected chi connectivity index (χ3v) is 3.31. The van der Waals surface area contributed by atoms with Crippen LogP contribution in [0.4, 0.5) is 0 Å². The fourth-order valence-electron chi connectivity index (χ4n) is 2.03. The lowest BCUT2D eigenvalue weighted by atomic mass is 10.2. The second kappa shape index (κ2) is 6.11. The fraction of sp³-hybridized carbons (Fsp3) is 0.400. The molecule has 1 aromatic heterocycles. The molecule has 2 aromatic rings. The Hall–Kier alpha value is -1.48. The first-order valence-electron chi connectivity index (χ1n) is 6.47. The molecule has 0 bridgehead atoms. The first-order valence-corrected chi connectivity index (χ1v) is 7.00. The van der Waals surface area contributed by atoms with Gasteiger partial charge >= 0.3 is 0 Å². The van der Waals surface area contributed by atoms with E-state index in [2.05, 4.69) is 5.32 Å². The van der Waals surface area contributed by atoms with E-state index in [1.165, 1.54) is 0 Å². The van der Waals surface area contributed by atoms with E-state index in [9.17, 15) is 4.79 Å². The van der Waals surface area contributed by atoms with Crippen molar-refractivity contribution in [3.63, 3.8) is 0 Å². The lowest BCUT2D eigenvalue weighted by molar-refractivity contribution is 0.0912. The van der Waals surface area contributed by atoms with E-state index in [0.717, 1.165) is 29.4 Å². The Bertz CT molecular complexity index is 577. The van der Waals surface area contributed by atoms with Crippen LogP contribution in [0.5, 0.6) is 0 Å². The number of nitrogens with one attached hydrogen (secondary N) is 1. The number of amides is 1. The molecule has 0 saturated carbocycles. The smallest absolute Gasteiger partial charge is 0.287 e. The van der Waals surface area contributed by atoms with Crippen molar-refractivity contribution in [2.75, 3.05) is 5.88 Å². The molecule has 1 atom stereocenters. The van der Waals surface area contributed by atoms with Gasteiger partial charge in [-0.15, -0.1) is 11.6 Å². The van der Waals surface area contributed by atoms with Gasteiger partial charge < -0.3 is 9.73 Å². The number of fused-ring (bicyclic) bond motifs is 1. The second-order valence-electron chi connectivity index (χ2n) is 4.86. The van der Waals surface area contributed by atoms with Crippen molar-refractivity contribution in [1.82, 2.24) is 5.32 Å². The molecule has 0 aliphatic rings. The lowest BCUT2D eigenvalue weighted by Crippen LogP contribution is -2.32. The van der Waals surface area contributed by atoms with Gasteiger partial charge in [0.1, 0.15) is 5.58 Å². The molecule has 2 rings (SSSR count). The molecule has 1 heterocycles. The molecule has 0 fully saturated rings. The summed E-state index contributed by atoms with van der Waals surface area (Å²) in [5.41, 5.74) is 1.89. The highest BCUT2D eigenvalue weighted by atomic mass is 35.5. The van der Waals surface area contributed by atoms with Gasteiger partial charge in [-0.2, -0.15) is 0 Å². The number of alkyl halides is 1. The van der Waals surface area contributed by atoms with E-state index in [1.54, 1.807) is 6.07 Å². The van der Waals surface area contributed by atoms with Crippen molar-refractivity contribution in [1.29, 1.82) is 0 Å². The van der Waals surface area contributed by atoms with Gasteiger partial charge in [-0.25, -0.2) is 0 Å². The average Bonchev–Trinajstić information content (AvgIpc) is 2.79. The van der Waals surface area contributed by atoms with Gasteiger partial charge in [0.2, 0.25) is 0 Å².